The maximum absolute atomic E-state index is 14.2. The van der Waals surface area contributed by atoms with Crippen LogP contribution in [0, 0.1) is 11.6 Å². The summed E-state index contributed by atoms with van der Waals surface area (Å²) in [4.78, 5) is 14.9. The molecule has 6 N–H and O–H groups in total. The molecule has 39 heavy (non-hydrogen) atoms. The Bertz CT molecular complexity index is 1280. The minimum Gasteiger partial charge on any atom is -0.422 e. The topological polar surface area (TPSA) is 228 Å². The molecule has 1 aromatic carbocycles. The Kier molecular flexibility index (Phi) is 9.41. The largest absolute Gasteiger partial charge is 0.422 e. The average molecular weight is 578 g/mol. The van der Waals surface area contributed by atoms with Crippen LogP contribution in [0.15, 0.2) is 32.5 Å². The number of thioether (sulfide) groups is 1. The van der Waals surface area contributed by atoms with Crippen LogP contribution in [0.1, 0.15) is 5.56 Å². The van der Waals surface area contributed by atoms with Gasteiger partial charge in [0.05, 0.1) is 42.9 Å². The van der Waals surface area contributed by atoms with E-state index in [1.807, 2.05) is 0 Å². The Morgan fingerprint density at radius 3 is 2.28 bits per heavy atom. The molecule has 0 amide bonds. The van der Waals surface area contributed by atoms with Crippen molar-refractivity contribution in [3.8, 4) is 0 Å². The van der Waals surface area contributed by atoms with Crippen LogP contribution in [0.2, 0.25) is 0 Å². The summed E-state index contributed by atoms with van der Waals surface area (Å²) in [5, 5.41) is 64.6. The van der Waals surface area contributed by atoms with E-state index in [1.54, 1.807) is 0 Å². The molecular formula is C22H25F2N3O11S. The van der Waals surface area contributed by atoms with E-state index in [-0.39, 0.29) is 16.5 Å². The molecule has 0 saturated carbocycles. The lowest BCUT2D eigenvalue weighted by Crippen LogP contribution is -2.61. The summed E-state index contributed by atoms with van der Waals surface area (Å²) in [6.07, 6.45) is -10.5. The summed E-state index contributed by atoms with van der Waals surface area (Å²) < 4.78 is 49.4. The molecule has 2 aliphatic rings. The first-order valence-corrected chi connectivity index (χ1v) is 12.5. The van der Waals surface area contributed by atoms with E-state index in [2.05, 4.69) is 10.0 Å². The fraction of sp³-hybridized carbons (Fsp3) is 0.591. The van der Waals surface area contributed by atoms with Crippen LogP contribution >= 0.6 is 11.8 Å². The van der Waals surface area contributed by atoms with E-state index in [9.17, 15) is 44.2 Å². The molecule has 0 bridgehead atoms. The van der Waals surface area contributed by atoms with Crippen molar-refractivity contribution in [2.45, 2.75) is 66.2 Å². The van der Waals surface area contributed by atoms with Gasteiger partial charge in [-0.05, 0) is 23.7 Å². The Labute approximate surface area is 222 Å². The number of hydrogen-bond donors (Lipinski definition) is 6. The highest BCUT2D eigenvalue weighted by atomic mass is 32.2. The molecule has 0 spiro atoms. The Morgan fingerprint density at radius 2 is 1.64 bits per heavy atom. The molecule has 14 nitrogen and oxygen atoms in total. The van der Waals surface area contributed by atoms with Gasteiger partial charge in [0.1, 0.15) is 53.1 Å². The van der Waals surface area contributed by atoms with E-state index in [1.165, 1.54) is 0 Å². The van der Waals surface area contributed by atoms with Crippen molar-refractivity contribution in [2.24, 2.45) is 5.11 Å². The third-order valence-corrected chi connectivity index (χ3v) is 7.75. The van der Waals surface area contributed by atoms with Gasteiger partial charge in [0, 0.05) is 4.91 Å². The highest BCUT2D eigenvalue weighted by Gasteiger charge is 2.50. The monoisotopic (exact) mass is 577 g/mol. The Balaban J connectivity index is 1.54. The van der Waals surface area contributed by atoms with Crippen molar-refractivity contribution in [1.82, 2.24) is 0 Å². The lowest BCUT2D eigenvalue weighted by molar-refractivity contribution is -0.224. The summed E-state index contributed by atoms with van der Waals surface area (Å²) in [5.74, 6) is -2.42. The number of halogens is 2. The van der Waals surface area contributed by atoms with Gasteiger partial charge in [-0.1, -0.05) is 16.9 Å². The van der Waals surface area contributed by atoms with Gasteiger partial charge in [-0.3, -0.25) is 0 Å². The van der Waals surface area contributed by atoms with Crippen molar-refractivity contribution >= 4 is 22.7 Å². The molecule has 2 aliphatic heterocycles. The lowest BCUT2D eigenvalue weighted by Gasteiger charge is -2.45. The molecule has 0 radical (unpaired) electrons. The van der Waals surface area contributed by atoms with Crippen molar-refractivity contribution in [3.63, 3.8) is 0 Å². The number of aliphatic hydroxyl groups excluding tert-OH is 6. The second-order valence-corrected chi connectivity index (χ2v) is 10.1. The van der Waals surface area contributed by atoms with Gasteiger partial charge in [0.2, 0.25) is 0 Å². The van der Waals surface area contributed by atoms with Crippen LogP contribution in [0.5, 0.6) is 0 Å². The first kappa shape index (κ1) is 29.6. The summed E-state index contributed by atoms with van der Waals surface area (Å²) in [6, 6.07) is 1.47. The molecule has 17 heteroatoms. The minimum atomic E-state index is -1.68. The van der Waals surface area contributed by atoms with Gasteiger partial charge in [-0.2, -0.15) is 0 Å². The highest BCUT2D eigenvalue weighted by Crippen LogP contribution is 2.38. The van der Waals surface area contributed by atoms with Crippen molar-refractivity contribution < 1.29 is 58.0 Å². The first-order valence-electron chi connectivity index (χ1n) is 11.6. The minimum absolute atomic E-state index is 0.207. The third kappa shape index (κ3) is 5.89. The smallest absolute Gasteiger partial charge is 0.341 e. The number of fused-ring (bicyclic) bond motifs is 1. The maximum atomic E-state index is 14.2. The van der Waals surface area contributed by atoms with Crippen LogP contribution in [-0.4, -0.2) is 103 Å². The van der Waals surface area contributed by atoms with Crippen molar-refractivity contribution in [2.75, 3.05) is 13.2 Å². The predicted octanol–water partition coefficient (Wildman–Crippen LogP) is -0.754. The SMILES string of the molecule is [N-]=[N+]=NC1C(O)[C@H](S[C@@H]2O[C@H](CO)C(O)C(OCc3cc4c(F)c(F)ccc4oc3=O)[C@H]2O)OC(CO)[C@@H]1O. The van der Waals surface area contributed by atoms with Gasteiger partial charge in [0.25, 0.3) is 0 Å². The molecule has 10 atom stereocenters. The van der Waals surface area contributed by atoms with Gasteiger partial charge < -0.3 is 49.3 Å². The normalized spacial score (nSPS) is 35.1. The number of nitrogens with zero attached hydrogens (tertiary/aromatic N) is 3. The number of rotatable bonds is 8. The predicted molar refractivity (Wildman–Crippen MR) is 127 cm³/mol. The molecular weight excluding hydrogens is 552 g/mol. The van der Waals surface area contributed by atoms with E-state index in [0.29, 0.717) is 11.8 Å². The Morgan fingerprint density at radius 1 is 1.00 bits per heavy atom. The van der Waals surface area contributed by atoms with Gasteiger partial charge in [-0.25, -0.2) is 13.6 Å². The molecule has 0 aliphatic carbocycles. The van der Waals surface area contributed by atoms with Gasteiger partial charge in [0.15, 0.2) is 11.6 Å². The fourth-order valence-corrected chi connectivity index (χ4v) is 5.64. The highest BCUT2D eigenvalue weighted by molar-refractivity contribution is 8.00. The molecule has 2 saturated heterocycles. The van der Waals surface area contributed by atoms with Crippen molar-refractivity contribution in [3.05, 3.63) is 56.3 Å². The molecule has 3 heterocycles. The van der Waals surface area contributed by atoms with E-state index in [0.717, 1.165) is 18.2 Å². The molecule has 5 unspecified atom stereocenters. The van der Waals surface area contributed by atoms with Gasteiger partial charge >= 0.3 is 5.63 Å². The van der Waals surface area contributed by atoms with E-state index >= 15 is 0 Å². The first-order chi connectivity index (χ1) is 18.6. The third-order valence-electron chi connectivity index (χ3n) is 6.43. The Hall–Kier alpha value is -2.41. The van der Waals surface area contributed by atoms with Crippen molar-refractivity contribution in [1.29, 1.82) is 0 Å². The summed E-state index contributed by atoms with van der Waals surface area (Å²) in [6.45, 7) is -2.05. The zero-order valence-electron chi connectivity index (χ0n) is 19.9. The molecule has 2 aromatic rings. The van der Waals surface area contributed by atoms with Crippen LogP contribution in [0.4, 0.5) is 8.78 Å². The fourth-order valence-electron chi connectivity index (χ4n) is 4.33. The average Bonchev–Trinajstić information content (AvgIpc) is 2.92. The van der Waals surface area contributed by atoms with Crippen LogP contribution in [0.3, 0.4) is 0 Å². The summed E-state index contributed by atoms with van der Waals surface area (Å²) in [7, 11) is 0. The molecule has 4 rings (SSSR count). The van der Waals surface area contributed by atoms with Gasteiger partial charge in [-0.15, -0.1) is 0 Å². The number of ether oxygens (including phenoxy) is 3. The quantitative estimate of drug-likeness (QED) is 0.0985. The summed E-state index contributed by atoms with van der Waals surface area (Å²) in [5.41, 5.74) is 4.70. The van der Waals surface area contributed by atoms with Crippen LogP contribution in [0.25, 0.3) is 21.4 Å². The second kappa shape index (κ2) is 12.4. The summed E-state index contributed by atoms with van der Waals surface area (Å²) >= 11 is 0.640. The van der Waals surface area contributed by atoms with E-state index < -0.39 is 96.7 Å². The second-order valence-electron chi connectivity index (χ2n) is 8.85. The number of benzene rings is 1. The van der Waals surface area contributed by atoms with E-state index in [4.69, 9.17) is 24.2 Å². The zero-order valence-corrected chi connectivity index (χ0v) is 20.7. The number of azide groups is 1. The van der Waals surface area contributed by atoms with Crippen LogP contribution in [-0.2, 0) is 20.8 Å². The molecule has 2 fully saturated rings. The number of aliphatic hydroxyl groups is 6. The standard InChI is InChI=1S/C22H25F2N3O11S/c23-9-1-2-10-8(13(9)24)3-7(20(34)36-10)6-35-19-16(31)12(5-29)38-22(18(19)33)39-21-17(32)14(26-27-25)15(30)11(4-28)37-21/h1-3,11-12,14-19,21-22,28-33H,4-6H2/t11?,12-,14?,15+,16?,17?,18-,19?,21+,22+/m1/s1. The zero-order chi connectivity index (χ0) is 28.4. The molecule has 1 aromatic heterocycles. The maximum Gasteiger partial charge on any atom is 0.341 e. The lowest BCUT2D eigenvalue weighted by atomic mass is 9.98. The van der Waals surface area contributed by atoms with Crippen LogP contribution < -0.4 is 5.63 Å². The number of hydrogen-bond acceptors (Lipinski definition) is 13. The molecule has 214 valence electrons.